The van der Waals surface area contributed by atoms with Crippen LogP contribution in [0, 0.1) is 6.92 Å². The van der Waals surface area contributed by atoms with E-state index in [9.17, 15) is 4.79 Å². The van der Waals surface area contributed by atoms with E-state index < -0.39 is 0 Å². The van der Waals surface area contributed by atoms with Crippen LogP contribution in [0.3, 0.4) is 0 Å². The predicted molar refractivity (Wildman–Crippen MR) is 79.2 cm³/mol. The number of hydrogen-bond acceptors (Lipinski definition) is 3. The minimum absolute atomic E-state index is 0.150. The summed E-state index contributed by atoms with van der Waals surface area (Å²) < 4.78 is 1.41. The largest absolute Gasteiger partial charge is 0.393 e. The van der Waals surface area contributed by atoms with E-state index in [0.29, 0.717) is 11.5 Å². The number of benzene rings is 1. The van der Waals surface area contributed by atoms with Gasteiger partial charge < -0.3 is 5.73 Å². The summed E-state index contributed by atoms with van der Waals surface area (Å²) in [6.45, 7) is 2.20. The van der Waals surface area contributed by atoms with Gasteiger partial charge in [0.15, 0.2) is 0 Å². The number of aryl methyl sites for hydroxylation is 1. The first kappa shape index (κ1) is 13.4. The first-order valence-corrected chi connectivity index (χ1v) is 6.38. The first-order chi connectivity index (χ1) is 9.08. The molecule has 2 aromatic rings. The molecule has 4 nitrogen and oxygen atoms in total. The second-order valence-corrected chi connectivity index (χ2v) is 4.83. The number of rotatable bonds is 4. The summed E-state index contributed by atoms with van der Waals surface area (Å²) >= 11 is 5.11. The number of nitrogens with zero attached hydrogens (tertiary/aromatic N) is 2. The van der Waals surface area contributed by atoms with Crippen molar-refractivity contribution in [2.75, 3.05) is 0 Å². The van der Waals surface area contributed by atoms with Crippen LogP contribution in [0.25, 0.3) is 0 Å². The van der Waals surface area contributed by atoms with Crippen LogP contribution in [0.5, 0.6) is 0 Å². The minimum atomic E-state index is -0.191. The topological polar surface area (TPSA) is 60.9 Å². The highest BCUT2D eigenvalue weighted by atomic mass is 32.1. The smallest absolute Gasteiger partial charge is 0.266 e. The number of hydrogen-bond donors (Lipinski definition) is 1. The molecule has 0 radical (unpaired) electrons. The lowest BCUT2D eigenvalue weighted by molar-refractivity contribution is 0.550. The number of aromatic nitrogens is 2. The predicted octanol–water partition coefficient (Wildman–Crippen LogP) is 1.62. The summed E-state index contributed by atoms with van der Waals surface area (Å²) in [5.74, 6) is -0.191. The molecular formula is C14H15N3OS. The van der Waals surface area contributed by atoms with E-state index in [2.05, 4.69) is 5.10 Å². The van der Waals surface area contributed by atoms with E-state index in [1.54, 1.807) is 6.07 Å². The first-order valence-electron chi connectivity index (χ1n) is 5.97. The van der Waals surface area contributed by atoms with Gasteiger partial charge in [0.05, 0.1) is 23.1 Å². The maximum atomic E-state index is 11.8. The van der Waals surface area contributed by atoms with E-state index in [1.807, 2.05) is 37.3 Å². The van der Waals surface area contributed by atoms with E-state index >= 15 is 0 Å². The van der Waals surface area contributed by atoms with Gasteiger partial charge in [0.25, 0.3) is 5.56 Å². The van der Waals surface area contributed by atoms with Gasteiger partial charge in [-0.2, -0.15) is 5.10 Å². The van der Waals surface area contributed by atoms with Gasteiger partial charge in [0, 0.05) is 6.07 Å². The van der Waals surface area contributed by atoms with Crippen molar-refractivity contribution in [1.29, 1.82) is 0 Å². The molecule has 98 valence electrons. The quantitative estimate of drug-likeness (QED) is 0.860. The van der Waals surface area contributed by atoms with Crippen molar-refractivity contribution >= 4 is 17.2 Å². The molecular weight excluding hydrogens is 258 g/mol. The number of thiocarbonyl (C=S) groups is 1. The van der Waals surface area contributed by atoms with E-state index in [0.717, 1.165) is 11.3 Å². The molecule has 0 aliphatic carbocycles. The average Bonchev–Trinajstić information content (AvgIpc) is 2.40. The van der Waals surface area contributed by atoms with Crippen LogP contribution in [-0.4, -0.2) is 14.8 Å². The molecule has 0 aliphatic rings. The Bertz CT molecular complexity index is 637. The van der Waals surface area contributed by atoms with Crippen molar-refractivity contribution in [2.45, 2.75) is 19.4 Å². The van der Waals surface area contributed by atoms with E-state index in [4.69, 9.17) is 18.0 Å². The maximum absolute atomic E-state index is 11.8. The van der Waals surface area contributed by atoms with Gasteiger partial charge in [0.2, 0.25) is 0 Å². The molecule has 1 aromatic carbocycles. The van der Waals surface area contributed by atoms with Crippen LogP contribution in [0.4, 0.5) is 0 Å². The summed E-state index contributed by atoms with van der Waals surface area (Å²) in [5, 5.41) is 4.21. The molecule has 1 heterocycles. The van der Waals surface area contributed by atoms with Crippen LogP contribution < -0.4 is 11.3 Å². The third-order valence-electron chi connectivity index (χ3n) is 2.90. The fourth-order valence-electron chi connectivity index (χ4n) is 1.90. The van der Waals surface area contributed by atoms with Crippen molar-refractivity contribution in [3.05, 3.63) is 64.1 Å². The third kappa shape index (κ3) is 3.26. The van der Waals surface area contributed by atoms with Gasteiger partial charge >= 0.3 is 0 Å². The van der Waals surface area contributed by atoms with Crippen LogP contribution in [-0.2, 0) is 6.54 Å². The second-order valence-electron chi connectivity index (χ2n) is 4.36. The molecule has 0 fully saturated rings. The highest BCUT2D eigenvalue weighted by molar-refractivity contribution is 7.80. The Kier molecular flexibility index (Phi) is 4.06. The third-order valence-corrected chi connectivity index (χ3v) is 3.19. The molecule has 0 bridgehead atoms. The normalized spacial score (nSPS) is 12.1. The van der Waals surface area contributed by atoms with Gasteiger partial charge in [-0.05, 0) is 18.6 Å². The molecule has 1 aromatic heterocycles. The molecule has 2 N–H and O–H groups in total. The van der Waals surface area contributed by atoms with Gasteiger partial charge in [-0.25, -0.2) is 4.68 Å². The zero-order chi connectivity index (χ0) is 13.8. The Morgan fingerprint density at radius 3 is 2.63 bits per heavy atom. The van der Waals surface area contributed by atoms with Crippen molar-refractivity contribution < 1.29 is 0 Å². The summed E-state index contributed by atoms with van der Waals surface area (Å²) in [6, 6.07) is 12.9. The maximum Gasteiger partial charge on any atom is 0.266 e. The molecule has 19 heavy (non-hydrogen) atoms. The molecule has 0 spiro atoms. The second kappa shape index (κ2) is 5.75. The SMILES string of the molecule is Cc1ccc(=O)n(CC(C(N)=S)c2ccccc2)n1. The molecule has 1 atom stereocenters. The zero-order valence-corrected chi connectivity index (χ0v) is 11.4. The minimum Gasteiger partial charge on any atom is -0.393 e. The molecule has 0 saturated heterocycles. The fraction of sp³-hybridized carbons (Fsp3) is 0.214. The van der Waals surface area contributed by atoms with Crippen LogP contribution >= 0.6 is 12.2 Å². The molecule has 5 heteroatoms. The van der Waals surface area contributed by atoms with Crippen LogP contribution in [0.2, 0.25) is 0 Å². The van der Waals surface area contributed by atoms with Crippen LogP contribution in [0.15, 0.2) is 47.3 Å². The number of nitrogens with two attached hydrogens (primary N) is 1. The Balaban J connectivity index is 2.35. The monoisotopic (exact) mass is 273 g/mol. The lowest BCUT2D eigenvalue weighted by Gasteiger charge is -2.16. The Morgan fingerprint density at radius 2 is 2.00 bits per heavy atom. The van der Waals surface area contributed by atoms with E-state index in [1.165, 1.54) is 10.7 Å². The highest BCUT2D eigenvalue weighted by Crippen LogP contribution is 2.17. The molecule has 2 rings (SSSR count). The van der Waals surface area contributed by atoms with Crippen molar-refractivity contribution in [3.63, 3.8) is 0 Å². The lowest BCUT2D eigenvalue weighted by atomic mass is 9.99. The average molecular weight is 273 g/mol. The molecule has 0 amide bonds. The van der Waals surface area contributed by atoms with Crippen LogP contribution in [0.1, 0.15) is 17.2 Å². The molecule has 0 aliphatic heterocycles. The van der Waals surface area contributed by atoms with Gasteiger partial charge in [-0.1, -0.05) is 42.5 Å². The standard InChI is InChI=1S/C14H15N3OS/c1-10-7-8-13(18)17(16-10)9-12(14(15)19)11-5-3-2-4-6-11/h2-8,12H,9H2,1H3,(H2,15,19). The van der Waals surface area contributed by atoms with Gasteiger partial charge in [-0.3, -0.25) is 4.79 Å². The Hall–Kier alpha value is -2.01. The fourth-order valence-corrected chi connectivity index (χ4v) is 2.11. The van der Waals surface area contributed by atoms with Crippen molar-refractivity contribution in [1.82, 2.24) is 9.78 Å². The van der Waals surface area contributed by atoms with Crippen molar-refractivity contribution in [2.24, 2.45) is 5.73 Å². The summed E-state index contributed by atoms with van der Waals surface area (Å²) in [6.07, 6.45) is 0. The molecule has 1 unspecified atom stereocenters. The highest BCUT2D eigenvalue weighted by Gasteiger charge is 2.16. The Labute approximate surface area is 116 Å². The van der Waals surface area contributed by atoms with E-state index in [-0.39, 0.29) is 11.5 Å². The lowest BCUT2D eigenvalue weighted by Crippen LogP contribution is -2.30. The van der Waals surface area contributed by atoms with Crippen molar-refractivity contribution in [3.8, 4) is 0 Å². The van der Waals surface area contributed by atoms with Gasteiger partial charge in [0.1, 0.15) is 0 Å². The van der Waals surface area contributed by atoms with Gasteiger partial charge in [-0.15, -0.1) is 0 Å². The molecule has 0 saturated carbocycles. The Morgan fingerprint density at radius 1 is 1.32 bits per heavy atom. The zero-order valence-electron chi connectivity index (χ0n) is 10.6. The summed E-state index contributed by atoms with van der Waals surface area (Å²) in [5.41, 5.74) is 7.42. The summed E-state index contributed by atoms with van der Waals surface area (Å²) in [4.78, 5) is 12.1. The summed E-state index contributed by atoms with van der Waals surface area (Å²) in [7, 11) is 0.